The highest BCUT2D eigenvalue weighted by Crippen LogP contribution is 2.13. The van der Waals surface area contributed by atoms with Gasteiger partial charge in [-0.2, -0.15) is 0 Å². The van der Waals surface area contributed by atoms with E-state index < -0.39 is 0 Å². The van der Waals surface area contributed by atoms with Gasteiger partial charge in [-0.15, -0.1) is 0 Å². The van der Waals surface area contributed by atoms with E-state index in [-0.39, 0.29) is 24.1 Å². The number of ether oxygens (including phenoxy) is 1. The van der Waals surface area contributed by atoms with Gasteiger partial charge in [0.25, 0.3) is 0 Å². The molecule has 124 valence electrons. The Morgan fingerprint density at radius 3 is 2.68 bits per heavy atom. The van der Waals surface area contributed by atoms with Crippen molar-refractivity contribution in [3.05, 3.63) is 29.8 Å². The van der Waals surface area contributed by atoms with Gasteiger partial charge in [-0.3, -0.25) is 0 Å². The van der Waals surface area contributed by atoms with Crippen LogP contribution in [0, 0.1) is 5.92 Å². The Morgan fingerprint density at radius 2 is 2.05 bits per heavy atom. The van der Waals surface area contributed by atoms with Crippen LogP contribution < -0.4 is 15.4 Å². The molecule has 0 aliphatic rings. The second-order valence-corrected chi connectivity index (χ2v) is 5.96. The molecule has 1 aromatic rings. The lowest BCUT2D eigenvalue weighted by molar-refractivity contribution is 0.116. The quantitative estimate of drug-likeness (QED) is 0.690. The number of urea groups is 1. The molecular formula is C17H28N2O3. The summed E-state index contributed by atoms with van der Waals surface area (Å²) in [6.45, 7) is 6.35. The van der Waals surface area contributed by atoms with Crippen molar-refractivity contribution in [2.45, 2.75) is 45.8 Å². The van der Waals surface area contributed by atoms with Gasteiger partial charge < -0.3 is 20.5 Å². The highest BCUT2D eigenvalue weighted by molar-refractivity contribution is 5.74. The van der Waals surface area contributed by atoms with Gasteiger partial charge in [-0.05, 0) is 43.4 Å². The minimum atomic E-state index is -0.380. The maximum atomic E-state index is 11.8. The summed E-state index contributed by atoms with van der Waals surface area (Å²) >= 11 is 0. The molecule has 1 rings (SSSR count). The van der Waals surface area contributed by atoms with Crippen molar-refractivity contribution in [2.75, 3.05) is 13.7 Å². The van der Waals surface area contributed by atoms with Gasteiger partial charge in [0.05, 0.1) is 13.2 Å². The number of methoxy groups -OCH3 is 1. The minimum Gasteiger partial charge on any atom is -0.497 e. The molecule has 0 aliphatic carbocycles. The summed E-state index contributed by atoms with van der Waals surface area (Å²) in [5.74, 6) is 1.02. The fourth-order valence-electron chi connectivity index (χ4n) is 2.15. The van der Waals surface area contributed by atoms with Gasteiger partial charge in [0, 0.05) is 12.6 Å². The topological polar surface area (TPSA) is 70.6 Å². The van der Waals surface area contributed by atoms with Gasteiger partial charge in [0.15, 0.2) is 0 Å². The second kappa shape index (κ2) is 9.30. The Morgan fingerprint density at radius 1 is 1.32 bits per heavy atom. The average molecular weight is 308 g/mol. The van der Waals surface area contributed by atoms with Crippen LogP contribution in [-0.2, 0) is 6.42 Å². The van der Waals surface area contributed by atoms with Crippen molar-refractivity contribution in [3.63, 3.8) is 0 Å². The fraction of sp³-hybridized carbons (Fsp3) is 0.588. The summed E-state index contributed by atoms with van der Waals surface area (Å²) in [6.07, 6.45) is 0.920. The average Bonchev–Trinajstić information content (AvgIpc) is 2.46. The lowest BCUT2D eigenvalue weighted by atomic mass is 10.0. The van der Waals surface area contributed by atoms with Crippen molar-refractivity contribution < 1.29 is 14.6 Å². The number of benzene rings is 1. The predicted octanol–water partition coefficient (Wildman–Crippen LogP) is 2.33. The van der Waals surface area contributed by atoms with Crippen LogP contribution in [0.2, 0.25) is 0 Å². The second-order valence-electron chi connectivity index (χ2n) is 5.96. The first-order valence-corrected chi connectivity index (χ1v) is 7.77. The number of carbonyl (C=O) groups is 1. The Balaban J connectivity index is 2.31. The first-order valence-electron chi connectivity index (χ1n) is 7.77. The van der Waals surface area contributed by atoms with Gasteiger partial charge in [0.1, 0.15) is 5.75 Å². The van der Waals surface area contributed by atoms with Crippen molar-refractivity contribution in [1.29, 1.82) is 0 Å². The molecule has 5 nitrogen and oxygen atoms in total. The molecule has 0 aromatic heterocycles. The molecular weight excluding hydrogens is 280 g/mol. The number of rotatable bonds is 8. The van der Waals surface area contributed by atoms with Crippen molar-refractivity contribution in [1.82, 2.24) is 10.6 Å². The van der Waals surface area contributed by atoms with Gasteiger partial charge >= 0.3 is 6.03 Å². The fourth-order valence-corrected chi connectivity index (χ4v) is 2.15. The van der Waals surface area contributed by atoms with E-state index in [1.54, 1.807) is 7.11 Å². The number of carbonyl (C=O) groups excluding carboxylic acids is 1. The lowest BCUT2D eigenvalue weighted by Gasteiger charge is -2.17. The van der Waals surface area contributed by atoms with Crippen LogP contribution in [0.1, 0.15) is 32.8 Å². The highest BCUT2D eigenvalue weighted by Gasteiger charge is 2.11. The van der Waals surface area contributed by atoms with Crippen LogP contribution >= 0.6 is 0 Å². The molecule has 0 radical (unpaired) electrons. The van der Waals surface area contributed by atoms with E-state index in [4.69, 9.17) is 4.74 Å². The van der Waals surface area contributed by atoms with E-state index in [9.17, 15) is 9.90 Å². The largest absolute Gasteiger partial charge is 0.497 e. The number of aliphatic hydroxyl groups excluding tert-OH is 1. The molecule has 2 amide bonds. The Hall–Kier alpha value is -1.75. The third-order valence-corrected chi connectivity index (χ3v) is 3.55. The van der Waals surface area contributed by atoms with Crippen LogP contribution in [0.3, 0.4) is 0 Å². The maximum absolute atomic E-state index is 11.8. The number of aliphatic hydroxyl groups is 1. The van der Waals surface area contributed by atoms with Gasteiger partial charge in [-0.1, -0.05) is 26.0 Å². The van der Waals surface area contributed by atoms with Crippen molar-refractivity contribution in [3.8, 4) is 5.75 Å². The van der Waals surface area contributed by atoms with E-state index >= 15 is 0 Å². The Kier molecular flexibility index (Phi) is 7.74. The minimum absolute atomic E-state index is 0.0159. The van der Waals surface area contributed by atoms with Crippen LogP contribution in [0.15, 0.2) is 24.3 Å². The van der Waals surface area contributed by atoms with Crippen molar-refractivity contribution in [2.24, 2.45) is 5.92 Å². The van der Waals surface area contributed by atoms with Crippen molar-refractivity contribution >= 4 is 6.03 Å². The van der Waals surface area contributed by atoms with Crippen LogP contribution in [0.5, 0.6) is 5.75 Å². The first-order chi connectivity index (χ1) is 10.4. The highest BCUT2D eigenvalue weighted by atomic mass is 16.5. The monoisotopic (exact) mass is 308 g/mol. The summed E-state index contributed by atoms with van der Waals surface area (Å²) in [5, 5.41) is 15.4. The van der Waals surface area contributed by atoms with Gasteiger partial charge in [0.2, 0.25) is 0 Å². The molecule has 1 aromatic carbocycles. The Labute approximate surface area is 133 Å². The number of amides is 2. The number of hydrogen-bond acceptors (Lipinski definition) is 3. The zero-order chi connectivity index (χ0) is 16.5. The molecule has 0 spiro atoms. The normalized spacial score (nSPS) is 13.5. The third-order valence-electron chi connectivity index (χ3n) is 3.55. The SMILES string of the molecule is COc1cccc(CC(C)NC(=O)NCCC(O)C(C)C)c1. The molecule has 2 unspecified atom stereocenters. The van der Waals surface area contributed by atoms with Crippen LogP contribution in [0.25, 0.3) is 0 Å². The van der Waals surface area contributed by atoms with Crippen LogP contribution in [0.4, 0.5) is 4.79 Å². The van der Waals surface area contributed by atoms with E-state index in [0.717, 1.165) is 17.7 Å². The molecule has 3 N–H and O–H groups in total. The maximum Gasteiger partial charge on any atom is 0.315 e. The summed E-state index contributed by atoms with van der Waals surface area (Å²) in [7, 11) is 1.64. The Bertz CT molecular complexity index is 463. The number of nitrogens with one attached hydrogen (secondary N) is 2. The molecule has 0 aliphatic heterocycles. The smallest absolute Gasteiger partial charge is 0.315 e. The summed E-state index contributed by atoms with van der Waals surface area (Å²) in [6, 6.07) is 7.63. The van der Waals surface area contributed by atoms with E-state index in [1.807, 2.05) is 45.0 Å². The molecule has 0 saturated heterocycles. The molecule has 0 bridgehead atoms. The van der Waals surface area contributed by atoms with Gasteiger partial charge in [-0.25, -0.2) is 4.79 Å². The standard InChI is InChI=1S/C17H28N2O3/c1-12(2)16(20)8-9-18-17(21)19-13(3)10-14-6-5-7-15(11-14)22-4/h5-7,11-13,16,20H,8-10H2,1-4H3,(H2,18,19,21). The lowest BCUT2D eigenvalue weighted by Crippen LogP contribution is -2.42. The van der Waals surface area contributed by atoms with E-state index in [1.165, 1.54) is 0 Å². The molecule has 0 saturated carbocycles. The summed E-state index contributed by atoms with van der Waals surface area (Å²) < 4.78 is 5.19. The third kappa shape index (κ3) is 6.80. The molecule has 2 atom stereocenters. The number of hydrogen-bond donors (Lipinski definition) is 3. The zero-order valence-corrected chi connectivity index (χ0v) is 13.9. The molecule has 22 heavy (non-hydrogen) atoms. The first kappa shape index (κ1) is 18.3. The zero-order valence-electron chi connectivity index (χ0n) is 13.9. The summed E-state index contributed by atoms with van der Waals surface area (Å²) in [5.41, 5.74) is 1.11. The predicted molar refractivity (Wildman–Crippen MR) is 88.2 cm³/mol. The van der Waals surface area contributed by atoms with E-state index in [2.05, 4.69) is 10.6 Å². The molecule has 0 heterocycles. The van der Waals surface area contributed by atoms with E-state index in [0.29, 0.717) is 13.0 Å². The van der Waals surface area contributed by atoms with Crippen LogP contribution in [-0.4, -0.2) is 36.9 Å². The molecule has 5 heteroatoms. The summed E-state index contributed by atoms with van der Waals surface area (Å²) in [4.78, 5) is 11.8. The molecule has 0 fully saturated rings.